The Labute approximate surface area is 153 Å². The number of hydrogen-bond donors (Lipinski definition) is 1. The highest BCUT2D eigenvalue weighted by Gasteiger charge is 2.08. The predicted octanol–water partition coefficient (Wildman–Crippen LogP) is 5.47. The molecule has 0 amide bonds. The molecule has 24 heavy (non-hydrogen) atoms. The van der Waals surface area contributed by atoms with Gasteiger partial charge in [0.2, 0.25) is 0 Å². The summed E-state index contributed by atoms with van der Waals surface area (Å²) in [6.07, 6.45) is 0. The van der Waals surface area contributed by atoms with Crippen molar-refractivity contribution in [2.45, 2.75) is 13.2 Å². The molecule has 0 aliphatic carbocycles. The normalized spacial score (nSPS) is 10.1. The van der Waals surface area contributed by atoms with E-state index in [4.69, 9.17) is 22.1 Å². The summed E-state index contributed by atoms with van der Waals surface area (Å²) in [7, 11) is 0. The molecule has 0 aliphatic rings. The number of halogens is 2. The third kappa shape index (κ3) is 4.51. The molecule has 3 rings (SSSR count). The summed E-state index contributed by atoms with van der Waals surface area (Å²) in [5.74, 6) is 0.833. The summed E-state index contributed by atoms with van der Waals surface area (Å²) in [4.78, 5) is 0. The van der Waals surface area contributed by atoms with E-state index in [9.17, 15) is 0 Å². The quantitative estimate of drug-likeness (QED) is 0.655. The highest BCUT2D eigenvalue weighted by molar-refractivity contribution is 6.30. The highest BCUT2D eigenvalue weighted by atomic mass is 35.5. The summed E-state index contributed by atoms with van der Waals surface area (Å²) in [5, 5.41) is 0.721. The van der Waals surface area contributed by atoms with Crippen LogP contribution in [0.4, 0.5) is 0 Å². The largest absolute Gasteiger partial charge is 0.488 e. The van der Waals surface area contributed by atoms with Crippen molar-refractivity contribution in [1.82, 2.24) is 0 Å². The van der Waals surface area contributed by atoms with Crippen LogP contribution in [0, 0.1) is 0 Å². The molecule has 0 aliphatic heterocycles. The molecule has 0 fully saturated rings. The summed E-state index contributed by atoms with van der Waals surface area (Å²) in [6, 6.07) is 24.0. The van der Waals surface area contributed by atoms with Crippen molar-refractivity contribution < 1.29 is 4.74 Å². The monoisotopic (exact) mass is 359 g/mol. The third-order valence-corrected chi connectivity index (χ3v) is 3.93. The van der Waals surface area contributed by atoms with Gasteiger partial charge < -0.3 is 10.5 Å². The van der Waals surface area contributed by atoms with Crippen LogP contribution in [0.1, 0.15) is 11.1 Å². The van der Waals surface area contributed by atoms with Crippen molar-refractivity contribution in [3.63, 3.8) is 0 Å². The number of ether oxygens (including phenoxy) is 1. The van der Waals surface area contributed by atoms with Gasteiger partial charge in [-0.25, -0.2) is 0 Å². The molecule has 4 heteroatoms. The van der Waals surface area contributed by atoms with Gasteiger partial charge in [-0.1, -0.05) is 66.2 Å². The van der Waals surface area contributed by atoms with Gasteiger partial charge in [0.15, 0.2) is 0 Å². The first-order chi connectivity index (χ1) is 11.3. The summed E-state index contributed by atoms with van der Waals surface area (Å²) in [5.41, 5.74) is 10.0. The maximum atomic E-state index is 6.06. The van der Waals surface area contributed by atoms with E-state index in [1.807, 2.05) is 60.7 Å². The van der Waals surface area contributed by atoms with Crippen LogP contribution in [-0.4, -0.2) is 0 Å². The molecule has 0 bridgehead atoms. The minimum atomic E-state index is 0. The molecule has 0 radical (unpaired) electrons. The summed E-state index contributed by atoms with van der Waals surface area (Å²) < 4.78 is 6.06. The molecule has 0 unspecified atom stereocenters. The van der Waals surface area contributed by atoms with Crippen molar-refractivity contribution >= 4 is 24.0 Å². The van der Waals surface area contributed by atoms with Gasteiger partial charge in [0.25, 0.3) is 0 Å². The van der Waals surface area contributed by atoms with E-state index in [2.05, 4.69) is 12.1 Å². The molecular weight excluding hydrogens is 341 g/mol. The van der Waals surface area contributed by atoms with Crippen LogP contribution in [0.15, 0.2) is 72.8 Å². The van der Waals surface area contributed by atoms with Gasteiger partial charge in [0.1, 0.15) is 12.4 Å². The van der Waals surface area contributed by atoms with E-state index in [0.29, 0.717) is 13.2 Å². The van der Waals surface area contributed by atoms with Crippen molar-refractivity contribution in [1.29, 1.82) is 0 Å². The Morgan fingerprint density at radius 2 is 1.54 bits per heavy atom. The molecule has 0 aromatic heterocycles. The van der Waals surface area contributed by atoms with Crippen LogP contribution in [-0.2, 0) is 13.2 Å². The highest BCUT2D eigenvalue weighted by Crippen LogP contribution is 2.32. The number of nitrogens with two attached hydrogens (primary N) is 1. The van der Waals surface area contributed by atoms with Crippen molar-refractivity contribution in [2.75, 3.05) is 0 Å². The molecule has 3 aromatic carbocycles. The van der Waals surface area contributed by atoms with E-state index in [1.54, 1.807) is 0 Å². The number of benzene rings is 3. The first-order valence-corrected chi connectivity index (χ1v) is 7.90. The van der Waals surface area contributed by atoms with Gasteiger partial charge in [0.05, 0.1) is 0 Å². The van der Waals surface area contributed by atoms with Gasteiger partial charge in [0, 0.05) is 17.1 Å². The zero-order chi connectivity index (χ0) is 16.1. The van der Waals surface area contributed by atoms with Gasteiger partial charge in [-0.15, -0.1) is 12.4 Å². The lowest BCUT2D eigenvalue weighted by Crippen LogP contribution is -2.00. The Hall–Kier alpha value is -2.00. The molecule has 2 N–H and O–H groups in total. The van der Waals surface area contributed by atoms with Crippen LogP contribution in [0.5, 0.6) is 5.75 Å². The third-order valence-electron chi connectivity index (χ3n) is 3.67. The van der Waals surface area contributed by atoms with E-state index in [-0.39, 0.29) is 12.4 Å². The molecule has 0 saturated carbocycles. The molecule has 0 atom stereocenters. The molecule has 0 heterocycles. The Balaban J connectivity index is 0.00000208. The standard InChI is InChI=1S/C20H18ClNO.ClH/c21-18-9-7-17(8-10-18)19-11-6-16(13-22)12-20(19)23-14-15-4-2-1-3-5-15;/h1-12H,13-14,22H2;1H. The minimum absolute atomic E-state index is 0. The lowest BCUT2D eigenvalue weighted by Gasteiger charge is -2.13. The van der Waals surface area contributed by atoms with Crippen LogP contribution in [0.3, 0.4) is 0 Å². The zero-order valence-corrected chi connectivity index (χ0v) is 14.7. The first-order valence-electron chi connectivity index (χ1n) is 7.52. The van der Waals surface area contributed by atoms with Gasteiger partial charge in [-0.2, -0.15) is 0 Å². The van der Waals surface area contributed by atoms with Crippen molar-refractivity contribution in [3.05, 3.63) is 88.9 Å². The van der Waals surface area contributed by atoms with E-state index >= 15 is 0 Å². The zero-order valence-electron chi connectivity index (χ0n) is 13.1. The second-order valence-electron chi connectivity index (χ2n) is 5.32. The van der Waals surface area contributed by atoms with Crippen LogP contribution >= 0.6 is 24.0 Å². The topological polar surface area (TPSA) is 35.2 Å². The Kier molecular flexibility index (Phi) is 6.68. The fraction of sp³-hybridized carbons (Fsp3) is 0.100. The van der Waals surface area contributed by atoms with E-state index < -0.39 is 0 Å². The summed E-state index contributed by atoms with van der Waals surface area (Å²) in [6.45, 7) is 1.01. The molecule has 124 valence electrons. The van der Waals surface area contributed by atoms with E-state index in [1.165, 1.54) is 0 Å². The summed E-state index contributed by atoms with van der Waals surface area (Å²) >= 11 is 5.98. The van der Waals surface area contributed by atoms with Gasteiger partial charge in [-0.3, -0.25) is 0 Å². The van der Waals surface area contributed by atoms with Crippen molar-refractivity contribution in [2.24, 2.45) is 5.73 Å². The number of hydrogen-bond acceptors (Lipinski definition) is 2. The average molecular weight is 360 g/mol. The fourth-order valence-corrected chi connectivity index (χ4v) is 2.54. The molecule has 2 nitrogen and oxygen atoms in total. The first kappa shape index (κ1) is 18.3. The molecule has 0 saturated heterocycles. The van der Waals surface area contributed by atoms with E-state index in [0.717, 1.165) is 33.0 Å². The van der Waals surface area contributed by atoms with Crippen LogP contribution < -0.4 is 10.5 Å². The lowest BCUT2D eigenvalue weighted by atomic mass is 10.0. The predicted molar refractivity (Wildman–Crippen MR) is 103 cm³/mol. The van der Waals surface area contributed by atoms with Gasteiger partial charge >= 0.3 is 0 Å². The van der Waals surface area contributed by atoms with Crippen LogP contribution in [0.2, 0.25) is 5.02 Å². The molecular formula is C20H19Cl2NO. The second-order valence-corrected chi connectivity index (χ2v) is 5.75. The average Bonchev–Trinajstić information content (AvgIpc) is 2.61. The lowest BCUT2D eigenvalue weighted by molar-refractivity contribution is 0.307. The Bertz CT molecular complexity index is 773. The SMILES string of the molecule is Cl.NCc1ccc(-c2ccc(Cl)cc2)c(OCc2ccccc2)c1. The smallest absolute Gasteiger partial charge is 0.127 e. The maximum absolute atomic E-state index is 6.06. The number of rotatable bonds is 5. The minimum Gasteiger partial charge on any atom is -0.488 e. The Morgan fingerprint density at radius 1 is 0.833 bits per heavy atom. The van der Waals surface area contributed by atoms with Gasteiger partial charge in [-0.05, 0) is 34.9 Å². The second kappa shape index (κ2) is 8.74. The molecule has 3 aromatic rings. The maximum Gasteiger partial charge on any atom is 0.127 e. The fourth-order valence-electron chi connectivity index (χ4n) is 2.42. The molecule has 0 spiro atoms. The Morgan fingerprint density at radius 3 is 2.21 bits per heavy atom. The van der Waals surface area contributed by atoms with Crippen molar-refractivity contribution in [3.8, 4) is 16.9 Å². The van der Waals surface area contributed by atoms with Crippen LogP contribution in [0.25, 0.3) is 11.1 Å².